The number of nitrogens with zero attached hydrogens (tertiary/aromatic N) is 4. The first-order valence-electron chi connectivity index (χ1n) is 8.21. The van der Waals surface area contributed by atoms with E-state index < -0.39 is 0 Å². The smallest absolute Gasteiger partial charge is 0.177 e. The summed E-state index contributed by atoms with van der Waals surface area (Å²) in [5.74, 6) is 2.15. The number of aromatic nitrogens is 5. The lowest BCUT2D eigenvalue weighted by atomic mass is 10.00. The van der Waals surface area contributed by atoms with E-state index >= 15 is 0 Å². The van der Waals surface area contributed by atoms with Gasteiger partial charge >= 0.3 is 0 Å². The Morgan fingerprint density at radius 2 is 2.00 bits per heavy atom. The third-order valence-corrected chi connectivity index (χ3v) is 4.36. The third kappa shape index (κ3) is 2.63. The van der Waals surface area contributed by atoms with E-state index in [1.54, 1.807) is 0 Å². The molecule has 1 N–H and O–H groups in total. The largest absolute Gasteiger partial charge is 0.381 e. The fourth-order valence-corrected chi connectivity index (χ4v) is 3.06. The molecule has 6 nitrogen and oxygen atoms in total. The molecule has 0 bridgehead atoms. The number of hydrogen-bond donors (Lipinski definition) is 1. The Balaban J connectivity index is 1.77. The molecular formula is C17H21N5O. The van der Waals surface area contributed by atoms with Gasteiger partial charge in [-0.1, -0.05) is 0 Å². The van der Waals surface area contributed by atoms with Crippen LogP contribution in [0.5, 0.6) is 0 Å². The SMILES string of the molecule is CC(C)n1nc(C2CCOCC2)nc1-c1ccc2cc[nH]c2n1. The van der Waals surface area contributed by atoms with Crippen molar-refractivity contribution >= 4 is 11.0 Å². The van der Waals surface area contributed by atoms with Gasteiger partial charge in [0.05, 0.1) is 0 Å². The molecular weight excluding hydrogens is 290 g/mol. The second-order valence-corrected chi connectivity index (χ2v) is 6.33. The van der Waals surface area contributed by atoms with Crippen molar-refractivity contribution in [1.82, 2.24) is 24.7 Å². The van der Waals surface area contributed by atoms with Gasteiger partial charge in [-0.05, 0) is 44.9 Å². The Labute approximate surface area is 134 Å². The second-order valence-electron chi connectivity index (χ2n) is 6.33. The number of H-pyrrole nitrogens is 1. The van der Waals surface area contributed by atoms with Gasteiger partial charge in [0.25, 0.3) is 0 Å². The molecule has 0 saturated carbocycles. The number of rotatable bonds is 3. The Bertz CT molecular complexity index is 813. The molecule has 1 fully saturated rings. The van der Waals surface area contributed by atoms with Gasteiger partial charge in [-0.3, -0.25) is 0 Å². The van der Waals surface area contributed by atoms with E-state index in [9.17, 15) is 0 Å². The van der Waals surface area contributed by atoms with Crippen molar-refractivity contribution in [3.05, 3.63) is 30.2 Å². The molecule has 23 heavy (non-hydrogen) atoms. The fraction of sp³-hybridized carbons (Fsp3) is 0.471. The maximum absolute atomic E-state index is 5.45. The van der Waals surface area contributed by atoms with Gasteiger partial charge in [-0.15, -0.1) is 0 Å². The van der Waals surface area contributed by atoms with Crippen molar-refractivity contribution in [1.29, 1.82) is 0 Å². The first kappa shape index (κ1) is 14.4. The number of aromatic amines is 1. The highest BCUT2D eigenvalue weighted by molar-refractivity contribution is 5.77. The number of nitrogens with one attached hydrogen (secondary N) is 1. The van der Waals surface area contributed by atoms with Crippen LogP contribution in [-0.2, 0) is 4.74 Å². The van der Waals surface area contributed by atoms with Crippen molar-refractivity contribution in [3.63, 3.8) is 0 Å². The molecule has 4 rings (SSSR count). The maximum Gasteiger partial charge on any atom is 0.177 e. The molecule has 0 unspecified atom stereocenters. The van der Waals surface area contributed by atoms with Gasteiger partial charge < -0.3 is 9.72 Å². The summed E-state index contributed by atoms with van der Waals surface area (Å²) in [6.07, 6.45) is 3.89. The Morgan fingerprint density at radius 1 is 1.17 bits per heavy atom. The summed E-state index contributed by atoms with van der Waals surface area (Å²) in [5.41, 5.74) is 1.74. The van der Waals surface area contributed by atoms with Crippen LogP contribution in [0.3, 0.4) is 0 Å². The molecule has 0 aromatic carbocycles. The van der Waals surface area contributed by atoms with E-state index in [1.165, 1.54) is 0 Å². The topological polar surface area (TPSA) is 68.6 Å². The van der Waals surface area contributed by atoms with Crippen molar-refractivity contribution in [2.45, 2.75) is 38.6 Å². The van der Waals surface area contributed by atoms with Crippen LogP contribution < -0.4 is 0 Å². The predicted molar refractivity (Wildman–Crippen MR) is 88.3 cm³/mol. The first-order chi connectivity index (χ1) is 11.2. The van der Waals surface area contributed by atoms with Gasteiger partial charge in [-0.2, -0.15) is 5.10 Å². The summed E-state index contributed by atoms with van der Waals surface area (Å²) in [6, 6.07) is 6.36. The third-order valence-electron chi connectivity index (χ3n) is 4.36. The molecule has 0 spiro atoms. The maximum atomic E-state index is 5.45. The van der Waals surface area contributed by atoms with Crippen LogP contribution >= 0.6 is 0 Å². The molecule has 120 valence electrons. The van der Waals surface area contributed by atoms with Crippen LogP contribution in [0.25, 0.3) is 22.6 Å². The molecule has 0 radical (unpaired) electrons. The second kappa shape index (κ2) is 5.77. The van der Waals surface area contributed by atoms with Crippen LogP contribution in [0.1, 0.15) is 44.5 Å². The molecule has 0 amide bonds. The van der Waals surface area contributed by atoms with E-state index in [4.69, 9.17) is 19.8 Å². The molecule has 4 heterocycles. The molecule has 1 aliphatic rings. The highest BCUT2D eigenvalue weighted by Crippen LogP contribution is 2.28. The number of fused-ring (bicyclic) bond motifs is 1. The van der Waals surface area contributed by atoms with Crippen molar-refractivity contribution < 1.29 is 4.74 Å². The van der Waals surface area contributed by atoms with E-state index in [1.807, 2.05) is 23.0 Å². The van der Waals surface area contributed by atoms with Gasteiger partial charge in [0.2, 0.25) is 0 Å². The highest BCUT2D eigenvalue weighted by Gasteiger charge is 2.24. The average Bonchev–Trinajstić information content (AvgIpc) is 3.22. The monoisotopic (exact) mass is 311 g/mol. The van der Waals surface area contributed by atoms with Crippen LogP contribution in [0.2, 0.25) is 0 Å². The molecule has 1 saturated heterocycles. The summed E-state index contributed by atoms with van der Waals surface area (Å²) in [6.45, 7) is 5.84. The zero-order chi connectivity index (χ0) is 15.8. The average molecular weight is 311 g/mol. The number of ether oxygens (including phenoxy) is 1. The van der Waals surface area contributed by atoms with Gasteiger partial charge in [-0.25, -0.2) is 14.6 Å². The number of hydrogen-bond acceptors (Lipinski definition) is 4. The summed E-state index contributed by atoms with van der Waals surface area (Å²) in [5, 5.41) is 5.88. The minimum atomic E-state index is 0.243. The van der Waals surface area contributed by atoms with Gasteiger partial charge in [0.15, 0.2) is 11.6 Å². The number of pyridine rings is 1. The van der Waals surface area contributed by atoms with Gasteiger partial charge in [0.1, 0.15) is 11.3 Å². The van der Waals surface area contributed by atoms with Crippen molar-refractivity contribution in [2.75, 3.05) is 13.2 Å². The Hall–Kier alpha value is -2.21. The van der Waals surface area contributed by atoms with E-state index in [0.29, 0.717) is 5.92 Å². The lowest BCUT2D eigenvalue weighted by molar-refractivity contribution is 0.0835. The van der Waals surface area contributed by atoms with Gasteiger partial charge in [0, 0.05) is 36.8 Å². The Morgan fingerprint density at radius 3 is 2.78 bits per heavy atom. The van der Waals surface area contributed by atoms with Crippen LogP contribution in [-0.4, -0.2) is 37.9 Å². The van der Waals surface area contributed by atoms with Crippen molar-refractivity contribution in [3.8, 4) is 11.5 Å². The molecule has 3 aromatic heterocycles. The zero-order valence-electron chi connectivity index (χ0n) is 13.5. The first-order valence-corrected chi connectivity index (χ1v) is 8.21. The molecule has 3 aromatic rings. The summed E-state index contributed by atoms with van der Waals surface area (Å²) < 4.78 is 7.44. The van der Waals surface area contributed by atoms with E-state index in [0.717, 1.165) is 54.4 Å². The molecule has 0 atom stereocenters. The summed E-state index contributed by atoms with van der Waals surface area (Å²) >= 11 is 0. The lowest BCUT2D eigenvalue weighted by Crippen LogP contribution is -2.15. The summed E-state index contributed by atoms with van der Waals surface area (Å²) in [4.78, 5) is 12.7. The van der Waals surface area contributed by atoms with Crippen molar-refractivity contribution in [2.24, 2.45) is 0 Å². The fourth-order valence-electron chi connectivity index (χ4n) is 3.06. The highest BCUT2D eigenvalue weighted by atomic mass is 16.5. The minimum absolute atomic E-state index is 0.243. The standard InChI is InChI=1S/C17H21N5O/c1-11(2)22-17(14-4-3-12-5-8-18-15(12)19-14)20-16(21-22)13-6-9-23-10-7-13/h3-5,8,11,13H,6-7,9-10H2,1-2H3,(H,18,19). The normalized spacial score (nSPS) is 16.5. The predicted octanol–water partition coefficient (Wildman–Crippen LogP) is 3.30. The van der Waals surface area contributed by atoms with Crippen LogP contribution in [0.15, 0.2) is 24.4 Å². The minimum Gasteiger partial charge on any atom is -0.381 e. The quantitative estimate of drug-likeness (QED) is 0.806. The van der Waals surface area contributed by atoms with Crippen LogP contribution in [0.4, 0.5) is 0 Å². The van der Waals surface area contributed by atoms with Crippen LogP contribution in [0, 0.1) is 0 Å². The molecule has 6 heteroatoms. The zero-order valence-corrected chi connectivity index (χ0v) is 13.5. The lowest BCUT2D eigenvalue weighted by Gasteiger charge is -2.18. The van der Waals surface area contributed by atoms with E-state index in [2.05, 4.69) is 24.9 Å². The van der Waals surface area contributed by atoms with E-state index in [-0.39, 0.29) is 6.04 Å². The molecule has 1 aliphatic heterocycles. The Kier molecular flexibility index (Phi) is 3.61. The summed E-state index contributed by atoms with van der Waals surface area (Å²) in [7, 11) is 0. The molecule has 0 aliphatic carbocycles.